The molecule has 3 heterocycles. The number of hydrogen-bond donors (Lipinski definition) is 1. The summed E-state index contributed by atoms with van der Waals surface area (Å²) >= 11 is 0. The van der Waals surface area contributed by atoms with Gasteiger partial charge < -0.3 is 15.0 Å². The first kappa shape index (κ1) is 19.1. The zero-order chi connectivity index (χ0) is 20.4. The lowest BCUT2D eigenvalue weighted by Gasteiger charge is -2.31. The molecule has 7 heteroatoms. The third kappa shape index (κ3) is 3.60. The highest BCUT2D eigenvalue weighted by atomic mass is 16.5. The number of nitrogens with zero attached hydrogens (tertiary/aromatic N) is 2. The second-order valence-corrected chi connectivity index (χ2v) is 7.35. The van der Waals surface area contributed by atoms with Gasteiger partial charge in [0.25, 0.3) is 5.91 Å². The lowest BCUT2D eigenvalue weighted by atomic mass is 10.0. The highest BCUT2D eigenvalue weighted by molar-refractivity contribution is 6.05. The lowest BCUT2D eigenvalue weighted by Crippen LogP contribution is -2.49. The van der Waals surface area contributed by atoms with Gasteiger partial charge in [-0.25, -0.2) is 4.79 Å². The summed E-state index contributed by atoms with van der Waals surface area (Å²) in [6, 6.07) is 8.08. The first-order valence-corrected chi connectivity index (χ1v) is 9.78. The van der Waals surface area contributed by atoms with Gasteiger partial charge in [0.1, 0.15) is 11.7 Å². The first-order chi connectivity index (χ1) is 14.1. The molecule has 2 aliphatic heterocycles. The predicted octanol–water partition coefficient (Wildman–Crippen LogP) is 2.22. The van der Waals surface area contributed by atoms with Gasteiger partial charge in [-0.1, -0.05) is 36.4 Å². The van der Waals surface area contributed by atoms with Crippen LogP contribution in [0.5, 0.6) is 0 Å². The fraction of sp³-hybridized carbons (Fsp3) is 0.364. The van der Waals surface area contributed by atoms with Crippen molar-refractivity contribution in [3.8, 4) is 0 Å². The third-order valence-corrected chi connectivity index (χ3v) is 5.67. The van der Waals surface area contributed by atoms with Crippen molar-refractivity contribution in [2.45, 2.75) is 43.8 Å². The van der Waals surface area contributed by atoms with E-state index >= 15 is 0 Å². The Kier molecular flexibility index (Phi) is 5.29. The van der Waals surface area contributed by atoms with Crippen molar-refractivity contribution in [3.05, 3.63) is 54.4 Å². The van der Waals surface area contributed by atoms with Crippen molar-refractivity contribution in [1.82, 2.24) is 15.2 Å². The van der Waals surface area contributed by atoms with Gasteiger partial charge in [-0.3, -0.25) is 14.6 Å². The van der Waals surface area contributed by atoms with Crippen molar-refractivity contribution < 1.29 is 19.1 Å². The van der Waals surface area contributed by atoms with Crippen LogP contribution in [0, 0.1) is 0 Å². The van der Waals surface area contributed by atoms with Gasteiger partial charge in [0.2, 0.25) is 5.91 Å². The summed E-state index contributed by atoms with van der Waals surface area (Å²) in [6.07, 6.45) is 7.49. The number of aromatic nitrogens is 1. The van der Waals surface area contributed by atoms with Crippen molar-refractivity contribution >= 4 is 28.6 Å². The summed E-state index contributed by atoms with van der Waals surface area (Å²) in [7, 11) is 1.32. The van der Waals surface area contributed by atoms with Gasteiger partial charge in [-0.15, -0.1) is 0 Å². The lowest BCUT2D eigenvalue weighted by molar-refractivity contribution is -0.152. The molecule has 0 aliphatic carbocycles. The van der Waals surface area contributed by atoms with E-state index in [2.05, 4.69) is 10.3 Å². The van der Waals surface area contributed by atoms with E-state index in [4.69, 9.17) is 4.74 Å². The molecule has 0 spiro atoms. The largest absolute Gasteiger partial charge is 0.467 e. The molecule has 3 atom stereocenters. The maximum absolute atomic E-state index is 13.1. The summed E-state index contributed by atoms with van der Waals surface area (Å²) in [5.41, 5.74) is 0.337. The number of fused-ring (bicyclic) bond motifs is 2. The molecular formula is C22H23N3O4. The molecular weight excluding hydrogens is 370 g/mol. The van der Waals surface area contributed by atoms with Crippen LogP contribution in [-0.4, -0.2) is 52.9 Å². The molecule has 1 fully saturated rings. The van der Waals surface area contributed by atoms with Gasteiger partial charge in [-0.2, -0.15) is 0 Å². The average molecular weight is 393 g/mol. The second-order valence-electron chi connectivity index (χ2n) is 7.35. The van der Waals surface area contributed by atoms with E-state index in [0.29, 0.717) is 31.4 Å². The van der Waals surface area contributed by atoms with Crippen LogP contribution in [0.15, 0.2) is 48.7 Å². The maximum atomic E-state index is 13.1. The summed E-state index contributed by atoms with van der Waals surface area (Å²) in [4.78, 5) is 44.0. The molecule has 29 heavy (non-hydrogen) atoms. The van der Waals surface area contributed by atoms with Crippen molar-refractivity contribution in [2.24, 2.45) is 0 Å². The number of methoxy groups -OCH3 is 1. The van der Waals surface area contributed by atoms with Gasteiger partial charge in [0.15, 0.2) is 0 Å². The maximum Gasteiger partial charge on any atom is 0.328 e. The van der Waals surface area contributed by atoms with Crippen LogP contribution < -0.4 is 5.32 Å². The molecule has 2 aromatic rings. The number of pyridine rings is 1. The van der Waals surface area contributed by atoms with E-state index in [1.54, 1.807) is 11.1 Å². The first-order valence-electron chi connectivity index (χ1n) is 9.78. The number of allylic oxidation sites excluding steroid dienone is 1. The fourth-order valence-corrected chi connectivity index (χ4v) is 4.30. The fourth-order valence-electron chi connectivity index (χ4n) is 4.30. The molecule has 7 nitrogen and oxygen atoms in total. The average Bonchev–Trinajstić information content (AvgIpc) is 3.08. The Balaban J connectivity index is 1.63. The predicted molar refractivity (Wildman–Crippen MR) is 107 cm³/mol. The molecule has 0 radical (unpaired) electrons. The van der Waals surface area contributed by atoms with E-state index in [-0.39, 0.29) is 23.9 Å². The number of amides is 2. The molecule has 2 amide bonds. The molecule has 1 aromatic heterocycles. The van der Waals surface area contributed by atoms with Crippen LogP contribution in [0.25, 0.3) is 10.8 Å². The minimum Gasteiger partial charge on any atom is -0.467 e. The minimum absolute atomic E-state index is 0.0882. The Hall–Kier alpha value is -3.22. The van der Waals surface area contributed by atoms with Crippen LogP contribution >= 0.6 is 0 Å². The van der Waals surface area contributed by atoms with Crippen LogP contribution in [0.1, 0.15) is 36.2 Å². The van der Waals surface area contributed by atoms with Crippen molar-refractivity contribution in [2.75, 3.05) is 7.11 Å². The standard InChI is InChI=1S/C22H23N3O4/c1-29-22(28)18-13-16(17-9-3-2-4-10-19(26)25(17)18)24-21(27)20-15-8-6-5-7-14(15)11-12-23-20/h2-3,5-8,11-12,16-18H,4,9-10,13H2,1H3,(H,24,27). The van der Waals surface area contributed by atoms with E-state index in [1.807, 2.05) is 42.5 Å². The zero-order valence-electron chi connectivity index (χ0n) is 16.2. The highest BCUT2D eigenvalue weighted by Gasteiger charge is 2.47. The molecule has 0 bridgehead atoms. The quantitative estimate of drug-likeness (QED) is 0.638. The Bertz CT molecular complexity index is 982. The topological polar surface area (TPSA) is 88.6 Å². The van der Waals surface area contributed by atoms with Gasteiger partial charge >= 0.3 is 5.97 Å². The molecule has 0 saturated carbocycles. The van der Waals surface area contributed by atoms with Crippen molar-refractivity contribution in [1.29, 1.82) is 0 Å². The molecule has 2 aliphatic rings. The molecule has 1 N–H and O–H groups in total. The molecule has 3 unspecified atom stereocenters. The van der Waals surface area contributed by atoms with E-state index < -0.39 is 12.0 Å². The number of nitrogens with one attached hydrogen (secondary N) is 1. The van der Waals surface area contributed by atoms with Gasteiger partial charge in [0.05, 0.1) is 19.2 Å². The van der Waals surface area contributed by atoms with Gasteiger partial charge in [-0.05, 0) is 24.3 Å². The summed E-state index contributed by atoms with van der Waals surface area (Å²) in [6.45, 7) is 0. The minimum atomic E-state index is -0.685. The Morgan fingerprint density at radius 2 is 2.03 bits per heavy atom. The number of benzene rings is 1. The van der Waals surface area contributed by atoms with Crippen LogP contribution in [0.4, 0.5) is 0 Å². The van der Waals surface area contributed by atoms with Crippen molar-refractivity contribution in [3.63, 3.8) is 0 Å². The SMILES string of the molecule is COC(=O)C1CC(NC(=O)c2nccc3ccccc23)C2CC=CCCC(=O)N12. The smallest absolute Gasteiger partial charge is 0.328 e. The van der Waals surface area contributed by atoms with E-state index in [0.717, 1.165) is 10.8 Å². The summed E-state index contributed by atoms with van der Waals surface area (Å²) < 4.78 is 4.92. The third-order valence-electron chi connectivity index (χ3n) is 5.67. The number of carbonyl (C=O) groups is 3. The van der Waals surface area contributed by atoms with E-state index in [1.165, 1.54) is 7.11 Å². The molecule has 150 valence electrons. The Morgan fingerprint density at radius 3 is 2.86 bits per heavy atom. The summed E-state index contributed by atoms with van der Waals surface area (Å²) in [5, 5.41) is 4.72. The summed E-state index contributed by atoms with van der Waals surface area (Å²) in [5.74, 6) is -0.849. The normalized spacial score (nSPS) is 24.0. The Labute approximate surface area is 168 Å². The molecule has 1 saturated heterocycles. The zero-order valence-corrected chi connectivity index (χ0v) is 16.2. The highest BCUT2D eigenvalue weighted by Crippen LogP contribution is 2.31. The number of esters is 1. The van der Waals surface area contributed by atoms with Gasteiger partial charge in [0, 0.05) is 24.4 Å². The molecule has 1 aromatic carbocycles. The molecule has 4 rings (SSSR count). The monoisotopic (exact) mass is 393 g/mol. The van der Waals surface area contributed by atoms with Crippen LogP contribution in [-0.2, 0) is 14.3 Å². The number of ether oxygens (including phenoxy) is 1. The van der Waals surface area contributed by atoms with Crippen LogP contribution in [0.2, 0.25) is 0 Å². The second kappa shape index (κ2) is 8.03. The van der Waals surface area contributed by atoms with E-state index in [9.17, 15) is 14.4 Å². The number of hydrogen-bond acceptors (Lipinski definition) is 5. The number of rotatable bonds is 3. The van der Waals surface area contributed by atoms with Crippen LogP contribution in [0.3, 0.4) is 0 Å². The number of carbonyl (C=O) groups excluding carboxylic acids is 3. The Morgan fingerprint density at radius 1 is 1.21 bits per heavy atom.